The number of benzene rings is 9. The highest BCUT2D eigenvalue weighted by Crippen LogP contribution is 2.59. The van der Waals surface area contributed by atoms with Crippen LogP contribution >= 0.6 is 0 Å². The van der Waals surface area contributed by atoms with E-state index in [4.69, 9.17) is 19.4 Å². The van der Waals surface area contributed by atoms with Gasteiger partial charge in [-0.05, 0) is 88.8 Å². The van der Waals surface area contributed by atoms with E-state index in [-0.39, 0.29) is 0 Å². The second-order valence-electron chi connectivity index (χ2n) is 16.4. The van der Waals surface area contributed by atoms with Gasteiger partial charge in [-0.15, -0.1) is 0 Å². The lowest BCUT2D eigenvalue weighted by Crippen LogP contribution is -2.38. The molecule has 0 saturated heterocycles. The molecule has 63 heavy (non-hydrogen) atoms. The van der Waals surface area contributed by atoms with E-state index in [9.17, 15) is 0 Å². The van der Waals surface area contributed by atoms with E-state index in [0.717, 1.165) is 72.4 Å². The van der Waals surface area contributed by atoms with Crippen molar-refractivity contribution in [2.24, 2.45) is 0 Å². The summed E-state index contributed by atoms with van der Waals surface area (Å²) in [7, 11) is 0. The molecule has 1 aliphatic rings. The third-order valence-corrected chi connectivity index (χ3v) is 12.8. The number of aromatic nitrogens is 3. The van der Waals surface area contributed by atoms with Gasteiger partial charge in [0.25, 0.3) is 0 Å². The summed E-state index contributed by atoms with van der Waals surface area (Å²) < 4.78 is 7.06. The molecule has 0 radical (unpaired) electrons. The van der Waals surface area contributed by atoms with Crippen LogP contribution in [-0.4, -0.2) is 15.0 Å². The molecule has 0 saturated carbocycles. The summed E-state index contributed by atoms with van der Waals surface area (Å²) in [6, 6.07) is 73.2. The van der Waals surface area contributed by atoms with E-state index in [1.165, 1.54) is 27.5 Å². The average Bonchev–Trinajstić information content (AvgIpc) is 3.74. The predicted octanol–water partition coefficient (Wildman–Crippen LogP) is 14.7. The molecule has 11 aromatic rings. The molecule has 0 atom stereocenters. The van der Waals surface area contributed by atoms with Gasteiger partial charge in [-0.25, -0.2) is 15.0 Å². The Labute approximate surface area is 365 Å². The maximum absolute atomic E-state index is 7.06. The summed E-state index contributed by atoms with van der Waals surface area (Å²) in [6.07, 6.45) is 0. The van der Waals surface area contributed by atoms with Gasteiger partial charge in [0.2, 0.25) is 0 Å². The summed E-state index contributed by atoms with van der Waals surface area (Å²) in [4.78, 5) is 17.7. The van der Waals surface area contributed by atoms with Gasteiger partial charge in [0.05, 0.1) is 16.8 Å². The number of para-hydroxylation sites is 3. The first-order chi connectivity index (χ1) is 31.1. The molecular formula is C58H40N4O. The van der Waals surface area contributed by atoms with Crippen molar-refractivity contribution in [3.05, 3.63) is 240 Å². The Kier molecular flexibility index (Phi) is 8.44. The molecule has 5 nitrogen and oxygen atoms in total. The molecule has 0 N–H and O–H groups in total. The van der Waals surface area contributed by atoms with Crippen LogP contribution in [0.3, 0.4) is 0 Å². The minimum absolute atomic E-state index is 0.644. The zero-order valence-electron chi connectivity index (χ0n) is 34.8. The highest BCUT2D eigenvalue weighted by molar-refractivity contribution is 6.20. The maximum atomic E-state index is 7.06. The number of nitrogens with zero attached hydrogens (tertiary/aromatic N) is 4. The number of hydrogen-bond acceptors (Lipinski definition) is 5. The highest BCUT2D eigenvalue weighted by atomic mass is 16.3. The lowest BCUT2D eigenvalue weighted by molar-refractivity contribution is 0.644. The fraction of sp³-hybridized carbons (Fsp3) is 0.0517. The Morgan fingerprint density at radius 3 is 1.56 bits per heavy atom. The molecule has 12 rings (SSSR count). The summed E-state index contributed by atoms with van der Waals surface area (Å²) >= 11 is 0. The van der Waals surface area contributed by atoms with Gasteiger partial charge < -0.3 is 9.32 Å². The zero-order valence-corrected chi connectivity index (χ0v) is 34.8. The quantitative estimate of drug-likeness (QED) is 0.167. The third-order valence-electron chi connectivity index (χ3n) is 12.8. The van der Waals surface area contributed by atoms with E-state index in [2.05, 4.69) is 189 Å². The first-order valence-electron chi connectivity index (χ1n) is 21.4. The van der Waals surface area contributed by atoms with Gasteiger partial charge in [-0.2, -0.15) is 0 Å². The molecule has 0 unspecified atom stereocenters. The summed E-state index contributed by atoms with van der Waals surface area (Å²) in [5.74, 6) is 1.94. The maximum Gasteiger partial charge on any atom is 0.164 e. The molecule has 298 valence electrons. The van der Waals surface area contributed by atoms with Crippen molar-refractivity contribution in [2.75, 3.05) is 4.90 Å². The number of rotatable bonds is 6. The molecule has 0 fully saturated rings. The van der Waals surface area contributed by atoms with Crippen LogP contribution in [0.25, 0.3) is 66.9 Å². The van der Waals surface area contributed by atoms with E-state index in [0.29, 0.717) is 17.5 Å². The molecule has 9 aromatic carbocycles. The molecule has 0 bridgehead atoms. The number of hydrogen-bond donors (Lipinski definition) is 0. The lowest BCUT2D eigenvalue weighted by atomic mass is 9.62. The Hall–Kier alpha value is -8.15. The second-order valence-corrected chi connectivity index (χ2v) is 16.4. The molecule has 0 spiro atoms. The predicted molar refractivity (Wildman–Crippen MR) is 257 cm³/mol. The first kappa shape index (κ1) is 36.7. The number of aryl methyl sites for hydroxylation is 2. The van der Waals surface area contributed by atoms with E-state index >= 15 is 0 Å². The second kappa shape index (κ2) is 14.5. The summed E-state index contributed by atoms with van der Waals surface area (Å²) in [5, 5.41) is 4.60. The van der Waals surface area contributed by atoms with Crippen LogP contribution in [0.5, 0.6) is 0 Å². The number of anilines is 3. The van der Waals surface area contributed by atoms with E-state index < -0.39 is 5.41 Å². The highest BCUT2D eigenvalue weighted by Gasteiger charge is 2.48. The number of fused-ring (bicyclic) bond motifs is 7. The van der Waals surface area contributed by atoms with Gasteiger partial charge in [-0.3, -0.25) is 0 Å². The minimum Gasteiger partial charge on any atom is -0.456 e. The van der Waals surface area contributed by atoms with Gasteiger partial charge in [0, 0.05) is 38.7 Å². The molecule has 0 amide bonds. The van der Waals surface area contributed by atoms with Crippen molar-refractivity contribution < 1.29 is 4.42 Å². The van der Waals surface area contributed by atoms with Gasteiger partial charge in [0.1, 0.15) is 11.2 Å². The summed E-state index contributed by atoms with van der Waals surface area (Å²) in [6.45, 7) is 4.34. The van der Waals surface area contributed by atoms with Crippen LogP contribution in [-0.2, 0) is 5.41 Å². The SMILES string of the molecule is Cc1cc(N2c3ccccc3C(c3ccccc3)(c3cc4ccccc4c4c3oc3ccccc34)c3ccccc32)cc(C)c1-c1nc(-c2ccccc2)nc(-c2ccccc2)n1. The van der Waals surface area contributed by atoms with Crippen LogP contribution in [0, 0.1) is 13.8 Å². The van der Waals surface area contributed by atoms with E-state index in [1.54, 1.807) is 0 Å². The molecule has 3 heterocycles. The minimum atomic E-state index is -0.752. The van der Waals surface area contributed by atoms with Crippen LogP contribution < -0.4 is 4.90 Å². The fourth-order valence-electron chi connectivity index (χ4n) is 10.2. The van der Waals surface area contributed by atoms with Crippen molar-refractivity contribution in [3.63, 3.8) is 0 Å². The Morgan fingerprint density at radius 2 is 0.937 bits per heavy atom. The molecule has 5 heteroatoms. The monoisotopic (exact) mass is 808 g/mol. The Bertz CT molecular complexity index is 3410. The fourth-order valence-corrected chi connectivity index (χ4v) is 10.2. The Balaban J connectivity index is 1.10. The largest absolute Gasteiger partial charge is 0.456 e. The van der Waals surface area contributed by atoms with Crippen molar-refractivity contribution >= 4 is 49.8 Å². The molecule has 1 aliphatic heterocycles. The van der Waals surface area contributed by atoms with Crippen LogP contribution in [0.4, 0.5) is 17.1 Å². The molecule has 0 aliphatic carbocycles. The number of furan rings is 1. The lowest BCUT2D eigenvalue weighted by Gasteiger charge is -2.46. The summed E-state index contributed by atoms with van der Waals surface area (Å²) in [5.41, 5.74) is 13.9. The van der Waals surface area contributed by atoms with Crippen molar-refractivity contribution in [3.8, 4) is 34.2 Å². The van der Waals surface area contributed by atoms with Crippen LogP contribution in [0.15, 0.2) is 211 Å². The zero-order chi connectivity index (χ0) is 42.1. The smallest absolute Gasteiger partial charge is 0.164 e. The standard InChI is InChI=1S/C58H40N4O/c1-37-34-43(35-38(2)52(37)57-60-55(39-20-6-3-7-21-39)59-56(61-57)40-22-8-4-9-23-40)62-49-31-17-15-29-46(49)58(42-25-10-5-11-26-42,47-30-16-18-32-50(47)62)48-36-41-24-12-13-27-44(41)53-45-28-14-19-33-51(45)63-54(48)53/h3-36H,1-2H3. The molecular weight excluding hydrogens is 769 g/mol. The van der Waals surface area contributed by atoms with Gasteiger partial charge in [-0.1, -0.05) is 170 Å². The van der Waals surface area contributed by atoms with Crippen LogP contribution in [0.2, 0.25) is 0 Å². The molecule has 2 aromatic heterocycles. The van der Waals surface area contributed by atoms with Gasteiger partial charge >= 0.3 is 0 Å². The van der Waals surface area contributed by atoms with Gasteiger partial charge in [0.15, 0.2) is 17.5 Å². The average molecular weight is 809 g/mol. The Morgan fingerprint density at radius 1 is 0.444 bits per heavy atom. The van der Waals surface area contributed by atoms with Crippen molar-refractivity contribution in [1.82, 2.24) is 15.0 Å². The topological polar surface area (TPSA) is 55.1 Å². The van der Waals surface area contributed by atoms with E-state index in [1.807, 2.05) is 36.4 Å². The van der Waals surface area contributed by atoms with Crippen molar-refractivity contribution in [1.29, 1.82) is 0 Å². The van der Waals surface area contributed by atoms with Crippen LogP contribution in [0.1, 0.15) is 33.4 Å². The normalized spacial score (nSPS) is 13.0. The van der Waals surface area contributed by atoms with Crippen molar-refractivity contribution in [2.45, 2.75) is 19.3 Å². The third kappa shape index (κ3) is 5.67. The first-order valence-corrected chi connectivity index (χ1v) is 21.4.